The van der Waals surface area contributed by atoms with Crippen LogP contribution in [0, 0.1) is 5.92 Å². The molecule has 1 atom stereocenters. The second-order valence-corrected chi connectivity index (χ2v) is 10.1. The third kappa shape index (κ3) is 10.1. The monoisotopic (exact) mass is 245 g/mol. The number of nitrogens with zero attached hydrogens (tertiary/aromatic N) is 3. The number of hydrogen-bond acceptors (Lipinski definition) is 4. The minimum Gasteiger partial charge on any atom is -0.417 e. The largest absolute Gasteiger partial charge is 0.417 e. The molecule has 0 saturated heterocycles. The van der Waals surface area contributed by atoms with Crippen LogP contribution in [-0.4, -0.2) is 65.8 Å². The van der Waals surface area contributed by atoms with Crippen LogP contribution in [0.4, 0.5) is 0 Å². The van der Waals surface area contributed by atoms with Crippen LogP contribution in [-0.2, 0) is 4.43 Å². The second kappa shape index (κ2) is 7.03. The number of rotatable bonds is 7. The predicted octanol–water partition coefficient (Wildman–Crippen LogP) is 1.56. The zero-order valence-electron chi connectivity index (χ0n) is 11.8. The quantitative estimate of drug-likeness (QED) is 0.387. The molecule has 16 heavy (non-hydrogen) atoms. The normalized spacial score (nSPS) is 14.8. The van der Waals surface area contributed by atoms with Crippen molar-refractivity contribution in [2.45, 2.75) is 19.6 Å². The van der Waals surface area contributed by atoms with E-state index in [-0.39, 0.29) is 0 Å². The lowest BCUT2D eigenvalue weighted by atomic mass is 10.2. The Morgan fingerprint density at radius 3 is 2.12 bits per heavy atom. The first-order valence-corrected chi connectivity index (χ1v) is 9.11. The minimum absolute atomic E-state index is 0.365. The highest BCUT2D eigenvalue weighted by atomic mass is 28.4. The Morgan fingerprint density at radius 1 is 1.19 bits per heavy atom. The van der Waals surface area contributed by atoms with E-state index in [0.717, 1.165) is 13.2 Å². The van der Waals surface area contributed by atoms with Gasteiger partial charge in [0, 0.05) is 39.4 Å². The summed E-state index contributed by atoms with van der Waals surface area (Å²) in [6.07, 6.45) is 1.99. The molecule has 0 aromatic rings. The Labute approximate surface area is 101 Å². The van der Waals surface area contributed by atoms with E-state index in [4.69, 9.17) is 4.43 Å². The van der Waals surface area contributed by atoms with Gasteiger partial charge in [0.2, 0.25) is 0 Å². The first kappa shape index (κ1) is 15.6. The maximum absolute atomic E-state index is 5.93. The summed E-state index contributed by atoms with van der Waals surface area (Å²) in [6, 6.07) is 0. The molecule has 0 aliphatic rings. The fourth-order valence-corrected chi connectivity index (χ4v) is 1.91. The topological polar surface area (TPSA) is 28.1 Å². The van der Waals surface area contributed by atoms with Crippen LogP contribution >= 0.6 is 0 Å². The molecule has 1 unspecified atom stereocenters. The van der Waals surface area contributed by atoms with E-state index in [2.05, 4.69) is 43.7 Å². The van der Waals surface area contributed by atoms with Gasteiger partial charge in [0.1, 0.15) is 0 Å². The molecule has 0 bridgehead atoms. The zero-order valence-corrected chi connectivity index (χ0v) is 12.8. The highest BCUT2D eigenvalue weighted by Gasteiger charge is 2.17. The van der Waals surface area contributed by atoms with Gasteiger partial charge in [-0.15, -0.1) is 0 Å². The molecule has 4 nitrogen and oxygen atoms in total. The molecule has 0 aliphatic heterocycles. The van der Waals surface area contributed by atoms with Gasteiger partial charge < -0.3 is 14.3 Å². The number of hydrazone groups is 1. The van der Waals surface area contributed by atoms with Gasteiger partial charge >= 0.3 is 0 Å². The molecule has 0 fully saturated rings. The average molecular weight is 245 g/mol. The first-order chi connectivity index (χ1) is 7.20. The predicted molar refractivity (Wildman–Crippen MR) is 73.5 cm³/mol. The Balaban J connectivity index is 4.21. The molecule has 0 N–H and O–H groups in total. The molecule has 0 aliphatic carbocycles. The van der Waals surface area contributed by atoms with Crippen molar-refractivity contribution >= 4 is 14.5 Å². The summed E-state index contributed by atoms with van der Waals surface area (Å²) in [7, 11) is 6.59. The SMILES string of the molecule is CN(C)CC(/C=N/N(C)C)CO[Si](C)(C)C. The van der Waals surface area contributed by atoms with E-state index in [9.17, 15) is 0 Å². The van der Waals surface area contributed by atoms with Crippen molar-refractivity contribution in [1.82, 2.24) is 9.91 Å². The van der Waals surface area contributed by atoms with Gasteiger partial charge in [0.25, 0.3) is 0 Å². The van der Waals surface area contributed by atoms with E-state index >= 15 is 0 Å². The van der Waals surface area contributed by atoms with Crippen LogP contribution < -0.4 is 0 Å². The summed E-state index contributed by atoms with van der Waals surface area (Å²) in [4.78, 5) is 2.17. The molecule has 0 saturated carbocycles. The molecule has 0 heterocycles. The average Bonchev–Trinajstić information content (AvgIpc) is 2.07. The maximum atomic E-state index is 5.93. The molecule has 0 spiro atoms. The summed E-state index contributed by atoms with van der Waals surface area (Å²) in [6.45, 7) is 8.38. The molecule has 5 heteroatoms. The van der Waals surface area contributed by atoms with Crippen molar-refractivity contribution in [3.8, 4) is 0 Å². The van der Waals surface area contributed by atoms with E-state index in [0.29, 0.717) is 5.92 Å². The molecule has 0 aromatic carbocycles. The van der Waals surface area contributed by atoms with Crippen molar-refractivity contribution in [3.63, 3.8) is 0 Å². The Morgan fingerprint density at radius 2 is 1.75 bits per heavy atom. The third-order valence-electron chi connectivity index (χ3n) is 1.84. The fourth-order valence-electron chi connectivity index (χ4n) is 1.20. The van der Waals surface area contributed by atoms with Crippen molar-refractivity contribution in [2.24, 2.45) is 11.0 Å². The highest BCUT2D eigenvalue weighted by Crippen LogP contribution is 2.06. The van der Waals surface area contributed by atoms with Gasteiger partial charge in [-0.05, 0) is 33.7 Å². The molecule has 0 aromatic heterocycles. The molecular formula is C11H27N3OSi. The number of hydrogen-bond donors (Lipinski definition) is 0. The lowest BCUT2D eigenvalue weighted by molar-refractivity contribution is 0.245. The smallest absolute Gasteiger partial charge is 0.183 e. The van der Waals surface area contributed by atoms with Crippen LogP contribution in [0.25, 0.3) is 0 Å². The van der Waals surface area contributed by atoms with E-state index < -0.39 is 8.32 Å². The zero-order chi connectivity index (χ0) is 12.8. The van der Waals surface area contributed by atoms with Crippen molar-refractivity contribution < 1.29 is 4.43 Å². The van der Waals surface area contributed by atoms with Crippen LogP contribution in [0.15, 0.2) is 5.10 Å². The molecule has 96 valence electrons. The standard InChI is InChI=1S/C11H27N3OSi/c1-13(2)9-11(8-12-14(3)4)10-15-16(5,6)7/h8,11H,9-10H2,1-7H3/b12-8+. The molecular weight excluding hydrogens is 218 g/mol. The summed E-state index contributed by atoms with van der Waals surface area (Å²) in [5, 5.41) is 6.11. The Bertz CT molecular complexity index is 212. The van der Waals surface area contributed by atoms with Crippen LogP contribution in [0.2, 0.25) is 19.6 Å². The minimum atomic E-state index is -1.42. The molecule has 0 radical (unpaired) electrons. The lowest BCUT2D eigenvalue weighted by Crippen LogP contribution is -2.33. The van der Waals surface area contributed by atoms with Crippen molar-refractivity contribution in [1.29, 1.82) is 0 Å². The molecule has 0 amide bonds. The van der Waals surface area contributed by atoms with Crippen LogP contribution in [0.1, 0.15) is 0 Å². The second-order valence-electron chi connectivity index (χ2n) is 5.56. The van der Waals surface area contributed by atoms with Gasteiger partial charge in [-0.25, -0.2) is 0 Å². The van der Waals surface area contributed by atoms with E-state index in [1.54, 1.807) is 0 Å². The van der Waals surface area contributed by atoms with Gasteiger partial charge in [-0.1, -0.05) is 0 Å². The Kier molecular flexibility index (Phi) is 6.86. The van der Waals surface area contributed by atoms with Crippen molar-refractivity contribution in [2.75, 3.05) is 41.3 Å². The van der Waals surface area contributed by atoms with Gasteiger partial charge in [-0.3, -0.25) is 0 Å². The summed E-state index contributed by atoms with van der Waals surface area (Å²) < 4.78 is 5.93. The summed E-state index contributed by atoms with van der Waals surface area (Å²) >= 11 is 0. The van der Waals surface area contributed by atoms with Crippen molar-refractivity contribution in [3.05, 3.63) is 0 Å². The van der Waals surface area contributed by atoms with Crippen LogP contribution in [0.5, 0.6) is 0 Å². The first-order valence-electron chi connectivity index (χ1n) is 5.71. The van der Waals surface area contributed by atoms with Gasteiger partial charge in [0.05, 0.1) is 0 Å². The maximum Gasteiger partial charge on any atom is 0.183 e. The van der Waals surface area contributed by atoms with Gasteiger partial charge in [-0.2, -0.15) is 5.10 Å². The summed E-state index contributed by atoms with van der Waals surface area (Å²) in [5.74, 6) is 0.365. The van der Waals surface area contributed by atoms with Crippen LogP contribution in [0.3, 0.4) is 0 Å². The third-order valence-corrected chi connectivity index (χ3v) is 2.87. The fraction of sp³-hybridized carbons (Fsp3) is 0.909. The van der Waals surface area contributed by atoms with E-state index in [1.807, 2.05) is 25.3 Å². The highest BCUT2D eigenvalue weighted by molar-refractivity contribution is 6.69. The molecule has 0 rings (SSSR count). The van der Waals surface area contributed by atoms with Gasteiger partial charge in [0.15, 0.2) is 8.32 Å². The summed E-state index contributed by atoms with van der Waals surface area (Å²) in [5.41, 5.74) is 0. The Hall–Kier alpha value is -0.393. The van der Waals surface area contributed by atoms with E-state index in [1.165, 1.54) is 0 Å². The lowest BCUT2D eigenvalue weighted by Gasteiger charge is -2.23.